The van der Waals surface area contributed by atoms with Crippen LogP contribution in [-0.4, -0.2) is 18.7 Å². The van der Waals surface area contributed by atoms with E-state index in [1.807, 2.05) is 0 Å². The van der Waals surface area contributed by atoms with Crippen LogP contribution in [0.2, 0.25) is 0 Å². The Morgan fingerprint density at radius 2 is 1.79 bits per heavy atom. The van der Waals surface area contributed by atoms with Gasteiger partial charge in [-0.05, 0) is 24.6 Å². The van der Waals surface area contributed by atoms with Gasteiger partial charge in [-0.25, -0.2) is 4.79 Å². The van der Waals surface area contributed by atoms with Crippen LogP contribution in [0.5, 0.6) is 0 Å². The Morgan fingerprint density at radius 3 is 2.32 bits per heavy atom. The van der Waals surface area contributed by atoms with Crippen LogP contribution in [0.3, 0.4) is 0 Å². The summed E-state index contributed by atoms with van der Waals surface area (Å²) < 4.78 is 9.86. The quantitative estimate of drug-likeness (QED) is 0.831. The van der Waals surface area contributed by atoms with Gasteiger partial charge in [0.15, 0.2) is 0 Å². The highest BCUT2D eigenvalue weighted by Crippen LogP contribution is 2.11. The van der Waals surface area contributed by atoms with Gasteiger partial charge in [-0.3, -0.25) is 10.1 Å². The van der Waals surface area contributed by atoms with Crippen LogP contribution in [0.25, 0.3) is 0 Å². The Labute approximate surface area is 112 Å². The molecule has 1 aromatic rings. The Morgan fingerprint density at radius 1 is 1.16 bits per heavy atom. The first-order valence-corrected chi connectivity index (χ1v) is 6.22. The molecule has 0 atom stereocenters. The topological polar surface area (TPSA) is 64.6 Å². The molecule has 0 aliphatic rings. The summed E-state index contributed by atoms with van der Waals surface area (Å²) in [6.07, 6.45) is -0.485. The first kappa shape index (κ1) is 15.0. The molecule has 0 saturated heterocycles. The maximum atomic E-state index is 11.3. The third-order valence-corrected chi connectivity index (χ3v) is 2.33. The molecule has 1 rings (SSSR count). The van der Waals surface area contributed by atoms with Crippen molar-refractivity contribution in [1.29, 1.82) is 0 Å². The van der Waals surface area contributed by atoms with Crippen LogP contribution in [0.15, 0.2) is 24.3 Å². The number of rotatable bonds is 5. The van der Waals surface area contributed by atoms with Crippen LogP contribution in [-0.2, 0) is 20.9 Å². The van der Waals surface area contributed by atoms with E-state index in [1.165, 1.54) is 0 Å². The fourth-order valence-electron chi connectivity index (χ4n) is 1.29. The van der Waals surface area contributed by atoms with Crippen molar-refractivity contribution >= 4 is 17.7 Å². The molecule has 5 heteroatoms. The molecule has 0 aliphatic carbocycles. The first-order chi connectivity index (χ1) is 9.02. The van der Waals surface area contributed by atoms with Crippen LogP contribution < -0.4 is 5.32 Å². The van der Waals surface area contributed by atoms with E-state index in [0.717, 1.165) is 5.56 Å². The lowest BCUT2D eigenvalue weighted by molar-refractivity contribution is -0.148. The minimum absolute atomic E-state index is 0.134. The SMILES string of the molecule is CCOC(=O)Nc1ccc(COC(=O)C(C)C)cc1. The molecule has 0 aliphatic heterocycles. The summed E-state index contributed by atoms with van der Waals surface area (Å²) in [7, 11) is 0. The van der Waals surface area contributed by atoms with Crippen molar-refractivity contribution in [2.45, 2.75) is 27.4 Å². The summed E-state index contributed by atoms with van der Waals surface area (Å²) in [5.41, 5.74) is 1.50. The summed E-state index contributed by atoms with van der Waals surface area (Å²) in [6.45, 7) is 5.88. The zero-order chi connectivity index (χ0) is 14.3. The highest BCUT2D eigenvalue weighted by atomic mass is 16.5. The van der Waals surface area contributed by atoms with Crippen LogP contribution in [0.4, 0.5) is 10.5 Å². The number of nitrogens with one attached hydrogen (secondary N) is 1. The molecule has 19 heavy (non-hydrogen) atoms. The van der Waals surface area contributed by atoms with E-state index in [1.54, 1.807) is 45.0 Å². The largest absolute Gasteiger partial charge is 0.461 e. The van der Waals surface area contributed by atoms with Gasteiger partial charge in [-0.15, -0.1) is 0 Å². The van der Waals surface area contributed by atoms with E-state index in [2.05, 4.69) is 5.32 Å². The molecule has 0 heterocycles. The molecule has 5 nitrogen and oxygen atoms in total. The van der Waals surface area contributed by atoms with Crippen molar-refractivity contribution in [3.63, 3.8) is 0 Å². The summed E-state index contributed by atoms with van der Waals surface area (Å²) in [6, 6.07) is 7.04. The number of esters is 1. The minimum Gasteiger partial charge on any atom is -0.461 e. The molecule has 1 N–H and O–H groups in total. The van der Waals surface area contributed by atoms with Crippen LogP contribution in [0, 0.1) is 5.92 Å². The van der Waals surface area contributed by atoms with Crippen LogP contribution in [0.1, 0.15) is 26.3 Å². The highest BCUT2D eigenvalue weighted by molar-refractivity contribution is 5.84. The molecule has 0 spiro atoms. The van der Waals surface area contributed by atoms with E-state index >= 15 is 0 Å². The fourth-order valence-corrected chi connectivity index (χ4v) is 1.29. The van der Waals surface area contributed by atoms with Gasteiger partial charge in [0.25, 0.3) is 0 Å². The van der Waals surface area contributed by atoms with Crippen LogP contribution >= 0.6 is 0 Å². The number of carbonyl (C=O) groups excluding carboxylic acids is 2. The molecule has 0 aromatic heterocycles. The van der Waals surface area contributed by atoms with E-state index in [9.17, 15) is 9.59 Å². The summed E-state index contributed by atoms with van der Waals surface area (Å²) in [4.78, 5) is 22.5. The Kier molecular flexibility index (Phi) is 5.85. The molecule has 1 amide bonds. The van der Waals surface area contributed by atoms with Gasteiger partial charge in [0.2, 0.25) is 0 Å². The molecular formula is C14H19NO4. The zero-order valence-electron chi connectivity index (χ0n) is 11.4. The van der Waals surface area contributed by atoms with E-state index < -0.39 is 6.09 Å². The average Bonchev–Trinajstić information content (AvgIpc) is 2.37. The number of anilines is 1. The van der Waals surface area contributed by atoms with Gasteiger partial charge in [-0.1, -0.05) is 26.0 Å². The van der Waals surface area contributed by atoms with Gasteiger partial charge in [0.1, 0.15) is 6.61 Å². The predicted octanol–water partition coefficient (Wildman–Crippen LogP) is 2.95. The van der Waals surface area contributed by atoms with Crippen molar-refractivity contribution in [2.24, 2.45) is 5.92 Å². The second-order valence-electron chi connectivity index (χ2n) is 4.30. The molecule has 104 valence electrons. The lowest BCUT2D eigenvalue weighted by Gasteiger charge is -2.08. The third-order valence-electron chi connectivity index (χ3n) is 2.33. The predicted molar refractivity (Wildman–Crippen MR) is 71.7 cm³/mol. The summed E-state index contributed by atoms with van der Waals surface area (Å²) >= 11 is 0. The lowest BCUT2D eigenvalue weighted by Crippen LogP contribution is -2.13. The lowest BCUT2D eigenvalue weighted by atomic mass is 10.2. The number of amides is 1. The maximum absolute atomic E-state index is 11.3. The second-order valence-corrected chi connectivity index (χ2v) is 4.30. The van der Waals surface area contributed by atoms with E-state index in [-0.39, 0.29) is 18.5 Å². The van der Waals surface area contributed by atoms with E-state index in [0.29, 0.717) is 12.3 Å². The number of carbonyl (C=O) groups is 2. The first-order valence-electron chi connectivity index (χ1n) is 6.22. The van der Waals surface area contributed by atoms with E-state index in [4.69, 9.17) is 9.47 Å². The normalized spacial score (nSPS) is 10.1. The Balaban J connectivity index is 2.47. The standard InChI is InChI=1S/C14H19NO4/c1-4-18-14(17)15-12-7-5-11(6-8-12)9-19-13(16)10(2)3/h5-8,10H,4,9H2,1-3H3,(H,15,17). The number of hydrogen-bond acceptors (Lipinski definition) is 4. The number of hydrogen-bond donors (Lipinski definition) is 1. The number of benzene rings is 1. The van der Waals surface area contributed by atoms with Crippen molar-refractivity contribution < 1.29 is 19.1 Å². The molecule has 0 saturated carbocycles. The zero-order valence-corrected chi connectivity index (χ0v) is 11.4. The van der Waals surface area contributed by atoms with Gasteiger partial charge in [0, 0.05) is 5.69 Å². The maximum Gasteiger partial charge on any atom is 0.411 e. The smallest absolute Gasteiger partial charge is 0.411 e. The Bertz CT molecular complexity index is 426. The van der Waals surface area contributed by atoms with Crippen molar-refractivity contribution in [1.82, 2.24) is 0 Å². The van der Waals surface area contributed by atoms with Gasteiger partial charge in [-0.2, -0.15) is 0 Å². The average molecular weight is 265 g/mol. The molecule has 0 fully saturated rings. The molecule has 1 aromatic carbocycles. The third kappa shape index (κ3) is 5.42. The highest BCUT2D eigenvalue weighted by Gasteiger charge is 2.08. The van der Waals surface area contributed by atoms with Crippen molar-refractivity contribution in [2.75, 3.05) is 11.9 Å². The second kappa shape index (κ2) is 7.41. The molecule has 0 unspecified atom stereocenters. The van der Waals surface area contributed by atoms with Gasteiger partial charge in [0.05, 0.1) is 12.5 Å². The van der Waals surface area contributed by atoms with Gasteiger partial charge >= 0.3 is 12.1 Å². The minimum atomic E-state index is -0.485. The fraction of sp³-hybridized carbons (Fsp3) is 0.429. The van der Waals surface area contributed by atoms with Crippen molar-refractivity contribution in [3.8, 4) is 0 Å². The number of ether oxygens (including phenoxy) is 2. The van der Waals surface area contributed by atoms with Gasteiger partial charge < -0.3 is 9.47 Å². The molecule has 0 bridgehead atoms. The molecular weight excluding hydrogens is 246 g/mol. The summed E-state index contributed by atoms with van der Waals surface area (Å²) in [5, 5.41) is 2.58. The van der Waals surface area contributed by atoms with Crippen molar-refractivity contribution in [3.05, 3.63) is 29.8 Å². The Hall–Kier alpha value is -2.04. The molecule has 0 radical (unpaired) electrons. The summed E-state index contributed by atoms with van der Waals surface area (Å²) in [5.74, 6) is -0.363. The monoisotopic (exact) mass is 265 g/mol.